The van der Waals surface area contributed by atoms with E-state index in [1.807, 2.05) is 0 Å². The fraction of sp³-hybridized carbons (Fsp3) is 1.00. The zero-order valence-corrected chi connectivity index (χ0v) is 11.1. The van der Waals surface area contributed by atoms with Gasteiger partial charge in [0.25, 0.3) is 0 Å². The van der Waals surface area contributed by atoms with Crippen LogP contribution in [0.1, 0.15) is 0 Å². The summed E-state index contributed by atoms with van der Waals surface area (Å²) in [7, 11) is -10.8. The number of hydrogen-bond acceptors (Lipinski definition) is 9. The van der Waals surface area contributed by atoms with E-state index in [1.165, 1.54) is 0 Å². The van der Waals surface area contributed by atoms with Crippen LogP contribution < -0.4 is 29.4 Å². The number of hydrogen-bond donors (Lipinski definition) is 1. The van der Waals surface area contributed by atoms with Gasteiger partial charge in [-0.2, -0.15) is 15.6 Å². The Bertz CT molecular complexity index is 160. The van der Waals surface area contributed by atoms with Crippen molar-refractivity contribution in [2.24, 2.45) is 0 Å². The summed E-state index contributed by atoms with van der Waals surface area (Å²) in [4.78, 5) is 51.3. The molecule has 0 aromatic rings. The molecule has 0 fully saturated rings. The Morgan fingerprint density at radius 1 is 0.933 bits per heavy atom. The molecule has 0 radical (unpaired) electrons. The molecule has 0 unspecified atom stereocenters. The molecule has 0 atom stereocenters. The van der Waals surface area contributed by atoms with Crippen molar-refractivity contribution in [1.82, 2.24) is 0 Å². The maximum Gasteiger partial charge on any atom is 2.00 e. The van der Waals surface area contributed by atoms with Crippen molar-refractivity contribution in [2.45, 2.75) is 0 Å². The smallest absolute Gasteiger partial charge is 0.822 e. The summed E-state index contributed by atoms with van der Waals surface area (Å²) in [5.41, 5.74) is 0. The van der Waals surface area contributed by atoms with E-state index in [0.29, 0.717) is 5.88 Å². The fourth-order valence-corrected chi connectivity index (χ4v) is 0. The molecule has 0 aliphatic rings. The Balaban J connectivity index is -0.0000000590. The van der Waals surface area contributed by atoms with Gasteiger partial charge in [0.2, 0.25) is 0 Å². The second-order valence-corrected chi connectivity index (χ2v) is 3.47. The van der Waals surface area contributed by atoms with Gasteiger partial charge in [-0.05, 0) is 0 Å². The molecule has 1 N–H and O–H groups in total. The quantitative estimate of drug-likeness (QED) is 0.278. The first-order valence-electron chi connectivity index (χ1n) is 2.54. The summed E-state index contributed by atoms with van der Waals surface area (Å²) in [5.74, 6) is 0.347. The number of rotatable bonds is 1. The van der Waals surface area contributed by atoms with Crippen molar-refractivity contribution in [3.05, 3.63) is 0 Å². The Kier molecular flexibility index (Phi) is 22.3. The summed E-state index contributed by atoms with van der Waals surface area (Å²) in [6, 6.07) is 0. The predicted octanol–water partition coefficient (Wildman–Crippen LogP) is -5.81. The maximum absolute atomic E-state index is 8.55. The van der Waals surface area contributed by atoms with Crippen LogP contribution in [0.15, 0.2) is 0 Å². The van der Waals surface area contributed by atoms with E-state index in [9.17, 15) is 0 Å². The fourth-order valence-electron chi connectivity index (χ4n) is 0. The van der Waals surface area contributed by atoms with Crippen LogP contribution in [0.5, 0.6) is 0 Å². The van der Waals surface area contributed by atoms with Crippen LogP contribution in [-0.2, 0) is 9.13 Å². The molecule has 0 aromatic carbocycles. The second-order valence-electron chi connectivity index (χ2n) is 1.31. The zero-order chi connectivity index (χ0) is 12.4. The predicted molar refractivity (Wildman–Crippen MR) is 38.8 cm³/mol. The Labute approximate surface area is 106 Å². The average Bonchev–Trinajstić information content (AvgIpc) is 1.79. The minimum absolute atomic E-state index is 0. The summed E-state index contributed by atoms with van der Waals surface area (Å²) in [6.45, 7) is 0.0849. The van der Waals surface area contributed by atoms with Gasteiger partial charge in [0.1, 0.15) is 0 Å². The molecule has 0 spiro atoms. The topological polar surface area (TPSA) is 193 Å². The van der Waals surface area contributed by atoms with E-state index in [0.717, 1.165) is 0 Å². The van der Waals surface area contributed by atoms with Gasteiger partial charge < -0.3 is 43.6 Å². The van der Waals surface area contributed by atoms with Gasteiger partial charge in [-0.15, -0.1) is 11.6 Å². The molecule has 15 heavy (non-hydrogen) atoms. The number of halogens is 1. The Morgan fingerprint density at radius 2 is 1.00 bits per heavy atom. The van der Waals surface area contributed by atoms with Crippen LogP contribution in [0, 0.1) is 0 Å². The maximum atomic E-state index is 8.55. The molecule has 9 nitrogen and oxygen atoms in total. The monoisotopic (exact) mass is 294 g/mol. The van der Waals surface area contributed by atoms with Crippen molar-refractivity contribution in [1.29, 1.82) is 0 Å². The second kappa shape index (κ2) is 13.3. The number of aliphatic hydroxyl groups excluding tert-OH is 1. The molecular weight excluding hydrogens is 290 g/mol. The molecule has 0 amide bonds. The first-order chi connectivity index (χ1) is 5.91. The molecule has 0 rings (SSSR count). The van der Waals surface area contributed by atoms with Crippen LogP contribution >= 0.6 is 27.2 Å². The third-order valence-corrected chi connectivity index (χ3v) is 0.254. The van der Waals surface area contributed by atoms with Crippen LogP contribution in [-0.4, -0.2) is 40.6 Å². The third-order valence-electron chi connectivity index (χ3n) is 0.0845. The van der Waals surface area contributed by atoms with Gasteiger partial charge in [-0.1, -0.05) is 0 Å². The summed E-state index contributed by atoms with van der Waals surface area (Å²) < 4.78 is 17.1. The minimum atomic E-state index is -5.39. The molecule has 90 valence electrons. The molecule has 0 bridgehead atoms. The van der Waals surface area contributed by atoms with Crippen molar-refractivity contribution >= 4 is 50.3 Å². The zero-order valence-electron chi connectivity index (χ0n) is 7.11. The summed E-state index contributed by atoms with van der Waals surface area (Å²) in [6.07, 6.45) is 0. The first kappa shape index (κ1) is 25.2. The van der Waals surface area contributed by atoms with Crippen LogP contribution in [0.2, 0.25) is 0 Å². The average molecular weight is 295 g/mol. The number of aliphatic hydroxyl groups is 1. The van der Waals surface area contributed by atoms with Crippen LogP contribution in [0.3, 0.4) is 0 Å². The molecule has 0 saturated carbocycles. The number of alkyl halides is 1. The van der Waals surface area contributed by atoms with Crippen molar-refractivity contribution in [2.75, 3.05) is 12.5 Å². The van der Waals surface area contributed by atoms with Gasteiger partial charge in [0, 0.05) is 5.88 Å². The van der Waals surface area contributed by atoms with E-state index >= 15 is 0 Å². The Hall–Kier alpha value is 1.24. The van der Waals surface area contributed by atoms with Crippen LogP contribution in [0.4, 0.5) is 0 Å². The summed E-state index contributed by atoms with van der Waals surface area (Å²) >= 11 is 4.94. The van der Waals surface area contributed by atoms with Crippen molar-refractivity contribution in [3.8, 4) is 0 Å². The Morgan fingerprint density at radius 3 is 1.00 bits per heavy atom. The van der Waals surface area contributed by atoms with Crippen molar-refractivity contribution < 1.29 is 43.6 Å². The van der Waals surface area contributed by atoms with Gasteiger partial charge in [0.15, 0.2) is 0 Å². The molecule has 0 aliphatic heterocycles. The van der Waals surface area contributed by atoms with E-state index in [4.69, 9.17) is 55.2 Å². The van der Waals surface area contributed by atoms with Gasteiger partial charge in [0.05, 0.1) is 6.61 Å². The standard InChI is InChI=1S/C2H5ClO.Mg.2H3O4P/c3-1-2-4;;2*1-5(2,3)4/h4H,1-2H2;;2*(H3,1,2,3,4)/q;+2;;/p-6. The number of phosphoric acid groups is 2. The normalized spacial score (nSPS) is 9.87. The van der Waals surface area contributed by atoms with Gasteiger partial charge >= 0.3 is 23.1 Å². The molecule has 0 aliphatic carbocycles. The van der Waals surface area contributed by atoms with E-state index in [2.05, 4.69) is 0 Å². The van der Waals surface area contributed by atoms with E-state index < -0.39 is 15.6 Å². The molecule has 0 saturated heterocycles. The van der Waals surface area contributed by atoms with Gasteiger partial charge in [-0.25, -0.2) is 0 Å². The largest absolute Gasteiger partial charge is 2.00 e. The summed E-state index contributed by atoms with van der Waals surface area (Å²) in [5, 5.41) is 7.74. The van der Waals surface area contributed by atoms with Crippen LogP contribution in [0.25, 0.3) is 0 Å². The molecule has 0 heterocycles. The van der Waals surface area contributed by atoms with Crippen molar-refractivity contribution in [3.63, 3.8) is 0 Å². The molecular formula is C2H5ClMgO9P2-4. The molecule has 0 aromatic heterocycles. The SMILES string of the molecule is O=P([O-])([O-])[O-].O=P([O-])([O-])[O-].OCCCl.[Mg+2]. The first-order valence-corrected chi connectivity index (χ1v) is 6.00. The van der Waals surface area contributed by atoms with Gasteiger partial charge in [-0.3, -0.25) is 0 Å². The third kappa shape index (κ3) is 534. The minimum Gasteiger partial charge on any atom is -0.822 e. The molecule has 13 heteroatoms. The van der Waals surface area contributed by atoms with E-state index in [1.54, 1.807) is 0 Å². The van der Waals surface area contributed by atoms with E-state index in [-0.39, 0.29) is 29.7 Å².